The Morgan fingerprint density at radius 3 is 2.64 bits per heavy atom. The van der Waals surface area contributed by atoms with Crippen LogP contribution in [0.1, 0.15) is 29.6 Å². The number of piperidine rings is 1. The minimum atomic E-state index is -0.0332. The van der Waals surface area contributed by atoms with Crippen LogP contribution in [0.25, 0.3) is 0 Å². The maximum Gasteiger partial charge on any atom is 0.252 e. The quantitative estimate of drug-likeness (QED) is 0.748. The van der Waals surface area contributed by atoms with E-state index in [-0.39, 0.29) is 17.9 Å². The van der Waals surface area contributed by atoms with E-state index in [0.717, 1.165) is 16.4 Å². The zero-order valence-electron chi connectivity index (χ0n) is 12.7. The molecule has 22 heavy (non-hydrogen) atoms. The van der Waals surface area contributed by atoms with Gasteiger partial charge in [-0.15, -0.1) is 0 Å². The van der Waals surface area contributed by atoms with Gasteiger partial charge in [0.05, 0.1) is 18.6 Å². The fourth-order valence-corrected chi connectivity index (χ4v) is 3.16. The summed E-state index contributed by atoms with van der Waals surface area (Å²) in [4.78, 5) is 26.0. The number of amides is 2. The molecule has 1 N–H and O–H groups in total. The van der Waals surface area contributed by atoms with E-state index in [1.54, 1.807) is 7.11 Å². The fourth-order valence-electron chi connectivity index (χ4n) is 2.53. The monoisotopic (exact) mass is 416 g/mol. The van der Waals surface area contributed by atoms with Crippen LogP contribution in [-0.4, -0.2) is 49.6 Å². The lowest BCUT2D eigenvalue weighted by Gasteiger charge is -2.32. The lowest BCUT2D eigenvalue weighted by Crippen LogP contribution is -2.46. The molecule has 2 rings (SSSR count). The summed E-state index contributed by atoms with van der Waals surface area (Å²) in [7, 11) is 1.60. The van der Waals surface area contributed by atoms with Gasteiger partial charge in [0.15, 0.2) is 0 Å². The number of rotatable bonds is 5. The maximum absolute atomic E-state index is 12.3. The van der Waals surface area contributed by atoms with Crippen molar-refractivity contribution in [3.8, 4) is 0 Å². The van der Waals surface area contributed by atoms with Gasteiger partial charge in [0.1, 0.15) is 0 Å². The summed E-state index contributed by atoms with van der Waals surface area (Å²) in [5, 5.41) is 3.07. The summed E-state index contributed by atoms with van der Waals surface area (Å²) in [6.45, 7) is 1.85. The largest absolute Gasteiger partial charge is 0.384 e. The molecule has 1 aromatic carbocycles. The lowest BCUT2D eigenvalue weighted by molar-refractivity contribution is -0.133. The van der Waals surface area contributed by atoms with Gasteiger partial charge >= 0.3 is 0 Å². The van der Waals surface area contributed by atoms with Gasteiger partial charge in [-0.2, -0.15) is 0 Å². The molecule has 0 aliphatic carbocycles. The number of halogens is 1. The summed E-state index contributed by atoms with van der Waals surface area (Å²) >= 11 is 2.17. The first kappa shape index (κ1) is 17.2. The number of carbonyl (C=O) groups is 2. The molecular weight excluding hydrogens is 395 g/mol. The van der Waals surface area contributed by atoms with Crippen LogP contribution in [0.15, 0.2) is 24.3 Å². The van der Waals surface area contributed by atoms with Crippen molar-refractivity contribution in [3.63, 3.8) is 0 Å². The highest BCUT2D eigenvalue weighted by Crippen LogP contribution is 2.15. The van der Waals surface area contributed by atoms with Gasteiger partial charge in [-0.3, -0.25) is 9.59 Å². The average Bonchev–Trinajstić information content (AvgIpc) is 2.53. The van der Waals surface area contributed by atoms with Crippen LogP contribution in [-0.2, 0) is 9.53 Å². The minimum absolute atomic E-state index is 0.0332. The van der Waals surface area contributed by atoms with E-state index < -0.39 is 0 Å². The zero-order valence-corrected chi connectivity index (χ0v) is 14.8. The van der Waals surface area contributed by atoms with Gasteiger partial charge in [0.2, 0.25) is 5.91 Å². The van der Waals surface area contributed by atoms with E-state index >= 15 is 0 Å². The molecule has 0 saturated carbocycles. The molecule has 5 nitrogen and oxygen atoms in total. The lowest BCUT2D eigenvalue weighted by atomic mass is 10.0. The van der Waals surface area contributed by atoms with Crippen molar-refractivity contribution in [3.05, 3.63) is 33.4 Å². The van der Waals surface area contributed by atoms with Crippen LogP contribution in [0.3, 0.4) is 0 Å². The normalized spacial score (nSPS) is 15.6. The van der Waals surface area contributed by atoms with Crippen LogP contribution in [0.5, 0.6) is 0 Å². The molecule has 1 aromatic rings. The van der Waals surface area contributed by atoms with Crippen LogP contribution in [0.2, 0.25) is 0 Å². The fraction of sp³-hybridized carbons (Fsp3) is 0.500. The molecule has 0 radical (unpaired) electrons. The molecule has 0 atom stereocenters. The Morgan fingerprint density at radius 2 is 2.00 bits per heavy atom. The summed E-state index contributed by atoms with van der Waals surface area (Å²) < 4.78 is 5.88. The first-order valence-electron chi connectivity index (χ1n) is 7.44. The van der Waals surface area contributed by atoms with E-state index in [0.29, 0.717) is 31.7 Å². The number of methoxy groups -OCH3 is 1. The van der Waals surface area contributed by atoms with Crippen LogP contribution in [0, 0.1) is 3.57 Å². The van der Waals surface area contributed by atoms with Crippen molar-refractivity contribution in [1.82, 2.24) is 10.2 Å². The molecule has 1 heterocycles. The van der Waals surface area contributed by atoms with Crippen molar-refractivity contribution < 1.29 is 14.3 Å². The number of nitrogens with zero attached hydrogens (tertiary/aromatic N) is 1. The predicted octanol–water partition coefficient (Wildman–Crippen LogP) is 2.05. The van der Waals surface area contributed by atoms with E-state index in [9.17, 15) is 9.59 Å². The highest BCUT2D eigenvalue weighted by atomic mass is 127. The van der Waals surface area contributed by atoms with E-state index in [2.05, 4.69) is 27.9 Å². The number of hydrogen-bond donors (Lipinski definition) is 1. The molecule has 120 valence electrons. The van der Waals surface area contributed by atoms with Gasteiger partial charge in [-0.25, -0.2) is 0 Å². The molecule has 2 amide bonds. The smallest absolute Gasteiger partial charge is 0.252 e. The predicted molar refractivity (Wildman–Crippen MR) is 92.7 cm³/mol. The van der Waals surface area contributed by atoms with Gasteiger partial charge in [0, 0.05) is 29.8 Å². The van der Waals surface area contributed by atoms with Crippen LogP contribution in [0.4, 0.5) is 0 Å². The summed E-state index contributed by atoms with van der Waals surface area (Å²) in [5.74, 6) is 0.0957. The van der Waals surface area contributed by atoms with Gasteiger partial charge in [0.25, 0.3) is 5.91 Å². The van der Waals surface area contributed by atoms with E-state index in [4.69, 9.17) is 4.74 Å². The van der Waals surface area contributed by atoms with E-state index in [1.165, 1.54) is 0 Å². The third-order valence-corrected chi connectivity index (χ3v) is 4.76. The maximum atomic E-state index is 12.3. The second kappa shape index (κ2) is 8.47. The molecule has 1 aliphatic heterocycles. The minimum Gasteiger partial charge on any atom is -0.384 e. The number of nitrogens with one attached hydrogen (secondary N) is 1. The molecule has 0 unspecified atom stereocenters. The van der Waals surface area contributed by atoms with Crippen LogP contribution < -0.4 is 5.32 Å². The van der Waals surface area contributed by atoms with Crippen molar-refractivity contribution in [2.75, 3.05) is 26.8 Å². The number of benzene rings is 1. The Bertz CT molecular complexity index is 528. The third kappa shape index (κ3) is 4.67. The average molecular weight is 416 g/mol. The summed E-state index contributed by atoms with van der Waals surface area (Å²) in [5.41, 5.74) is 0.710. The number of hydrogen-bond acceptors (Lipinski definition) is 3. The molecule has 6 heteroatoms. The Labute approximate surface area is 144 Å². The third-order valence-electron chi connectivity index (χ3n) is 3.82. The SMILES string of the molecule is COCCC(=O)N1CCC(NC(=O)c2ccccc2I)CC1. The summed E-state index contributed by atoms with van der Waals surface area (Å²) in [6, 6.07) is 7.68. The first-order valence-corrected chi connectivity index (χ1v) is 8.52. The highest BCUT2D eigenvalue weighted by Gasteiger charge is 2.24. The Balaban J connectivity index is 1.81. The van der Waals surface area contributed by atoms with E-state index in [1.807, 2.05) is 29.2 Å². The zero-order chi connectivity index (χ0) is 15.9. The highest BCUT2D eigenvalue weighted by molar-refractivity contribution is 14.1. The Hall–Kier alpha value is -1.15. The molecule has 1 aliphatic rings. The van der Waals surface area contributed by atoms with Crippen LogP contribution >= 0.6 is 22.6 Å². The van der Waals surface area contributed by atoms with Crippen molar-refractivity contribution in [2.24, 2.45) is 0 Å². The van der Waals surface area contributed by atoms with Crippen molar-refractivity contribution in [1.29, 1.82) is 0 Å². The molecule has 0 bridgehead atoms. The second-order valence-electron chi connectivity index (χ2n) is 5.35. The van der Waals surface area contributed by atoms with Gasteiger partial charge in [-0.1, -0.05) is 12.1 Å². The summed E-state index contributed by atoms with van der Waals surface area (Å²) in [6.07, 6.45) is 2.03. The standard InChI is InChI=1S/C16H21IN2O3/c1-22-11-8-15(20)19-9-6-12(7-10-19)18-16(21)13-4-2-3-5-14(13)17/h2-5,12H,6-11H2,1H3,(H,18,21). The Morgan fingerprint density at radius 1 is 1.32 bits per heavy atom. The molecule has 0 aromatic heterocycles. The molecular formula is C16H21IN2O3. The van der Waals surface area contributed by atoms with Gasteiger partial charge < -0.3 is 15.0 Å². The topological polar surface area (TPSA) is 58.6 Å². The second-order valence-corrected chi connectivity index (χ2v) is 6.51. The number of carbonyl (C=O) groups excluding carboxylic acids is 2. The molecule has 1 fully saturated rings. The number of likely N-dealkylation sites (tertiary alicyclic amines) is 1. The van der Waals surface area contributed by atoms with Crippen molar-refractivity contribution in [2.45, 2.75) is 25.3 Å². The molecule has 0 spiro atoms. The van der Waals surface area contributed by atoms with Gasteiger partial charge in [-0.05, 0) is 47.6 Å². The first-order chi connectivity index (χ1) is 10.6. The number of ether oxygens (including phenoxy) is 1. The molecule has 1 saturated heterocycles. The van der Waals surface area contributed by atoms with Crippen molar-refractivity contribution >= 4 is 34.4 Å². The Kier molecular flexibility index (Phi) is 6.63.